The lowest BCUT2D eigenvalue weighted by Crippen LogP contribution is -1.84. The van der Waals surface area contributed by atoms with Crippen LogP contribution in [0.2, 0.25) is 0 Å². The van der Waals surface area contributed by atoms with Gasteiger partial charge in [0, 0.05) is 11.9 Å². The molecule has 0 saturated heterocycles. The minimum Gasteiger partial charge on any atom is -0.262 e. The van der Waals surface area contributed by atoms with E-state index in [1.165, 1.54) is 11.3 Å². The van der Waals surface area contributed by atoms with Crippen LogP contribution in [0.1, 0.15) is 26.7 Å². The van der Waals surface area contributed by atoms with Crippen LogP contribution in [-0.4, -0.2) is 6.21 Å². The van der Waals surface area contributed by atoms with Crippen molar-refractivity contribution in [2.24, 2.45) is 4.99 Å². The molecule has 0 radical (unpaired) electrons. The van der Waals surface area contributed by atoms with Gasteiger partial charge in [-0.1, -0.05) is 11.6 Å². The van der Waals surface area contributed by atoms with Crippen LogP contribution in [0, 0.1) is 0 Å². The Hall–Kier alpha value is -0.850. The predicted octanol–water partition coefficient (Wildman–Crippen LogP) is 2.70. The van der Waals surface area contributed by atoms with Crippen molar-refractivity contribution in [1.29, 1.82) is 0 Å². The summed E-state index contributed by atoms with van der Waals surface area (Å²) in [5.74, 6) is 0. The SMILES string of the molecule is C\C1=C(C)/N=C\C=C/CC1. The molecule has 1 heteroatoms. The molecule has 0 aromatic carbocycles. The molecule has 0 spiro atoms. The largest absolute Gasteiger partial charge is 0.262 e. The summed E-state index contributed by atoms with van der Waals surface area (Å²) in [5.41, 5.74) is 2.57. The molecule has 0 amide bonds. The van der Waals surface area contributed by atoms with Gasteiger partial charge in [0.1, 0.15) is 0 Å². The number of aliphatic imine (C=N–C) groups is 1. The molecule has 0 bridgehead atoms. The van der Waals surface area contributed by atoms with Crippen molar-refractivity contribution >= 4 is 6.21 Å². The van der Waals surface area contributed by atoms with Crippen LogP contribution in [-0.2, 0) is 0 Å². The van der Waals surface area contributed by atoms with Crippen LogP contribution in [0.25, 0.3) is 0 Å². The summed E-state index contributed by atoms with van der Waals surface area (Å²) in [6, 6.07) is 0. The molecule has 0 aliphatic carbocycles. The normalized spacial score (nSPS) is 32.6. The summed E-state index contributed by atoms with van der Waals surface area (Å²) in [6.45, 7) is 4.21. The molecule has 0 unspecified atom stereocenters. The topological polar surface area (TPSA) is 12.4 Å². The number of hydrogen-bond donors (Lipinski definition) is 0. The molecule has 0 fully saturated rings. The van der Waals surface area contributed by atoms with Gasteiger partial charge in [0.2, 0.25) is 0 Å². The summed E-state index contributed by atoms with van der Waals surface area (Å²) >= 11 is 0. The average Bonchev–Trinajstić information content (AvgIpc) is 1.92. The fourth-order valence-electron chi connectivity index (χ4n) is 0.903. The average molecular weight is 135 g/mol. The van der Waals surface area contributed by atoms with E-state index in [9.17, 15) is 0 Å². The number of allylic oxidation sites excluding steroid dienone is 4. The summed E-state index contributed by atoms with van der Waals surface area (Å²) in [6.07, 6.45) is 8.32. The first-order valence-corrected chi connectivity index (χ1v) is 3.66. The second kappa shape index (κ2) is 3.35. The zero-order valence-corrected chi connectivity index (χ0v) is 6.59. The Morgan fingerprint density at radius 1 is 1.40 bits per heavy atom. The van der Waals surface area contributed by atoms with Gasteiger partial charge in [-0.15, -0.1) is 0 Å². The van der Waals surface area contributed by atoms with Crippen molar-refractivity contribution in [3.8, 4) is 0 Å². The molecule has 0 aromatic heterocycles. The van der Waals surface area contributed by atoms with E-state index in [2.05, 4.69) is 24.9 Å². The maximum atomic E-state index is 4.23. The molecule has 0 saturated carbocycles. The summed E-state index contributed by atoms with van der Waals surface area (Å²) in [5, 5.41) is 0. The van der Waals surface area contributed by atoms with E-state index in [-0.39, 0.29) is 0 Å². The molecule has 1 aliphatic heterocycles. The van der Waals surface area contributed by atoms with E-state index in [1.807, 2.05) is 12.3 Å². The van der Waals surface area contributed by atoms with Crippen molar-refractivity contribution in [3.05, 3.63) is 23.4 Å². The summed E-state index contributed by atoms with van der Waals surface area (Å²) < 4.78 is 0. The van der Waals surface area contributed by atoms with Crippen LogP contribution in [0.4, 0.5) is 0 Å². The smallest absolute Gasteiger partial charge is 0.0361 e. The predicted molar refractivity (Wildman–Crippen MR) is 45.2 cm³/mol. The van der Waals surface area contributed by atoms with Crippen LogP contribution in [0.5, 0.6) is 0 Å². The quantitative estimate of drug-likeness (QED) is 0.484. The molecule has 1 nitrogen and oxygen atoms in total. The zero-order valence-electron chi connectivity index (χ0n) is 6.59. The fraction of sp³-hybridized carbons (Fsp3) is 0.444. The molecule has 0 N–H and O–H groups in total. The van der Waals surface area contributed by atoms with Gasteiger partial charge in [-0.3, -0.25) is 4.99 Å². The molecule has 0 atom stereocenters. The molecule has 0 aromatic rings. The van der Waals surface area contributed by atoms with Crippen LogP contribution >= 0.6 is 0 Å². The first-order chi connectivity index (χ1) is 4.80. The molecular weight excluding hydrogens is 122 g/mol. The Morgan fingerprint density at radius 2 is 2.20 bits per heavy atom. The first kappa shape index (κ1) is 7.26. The van der Waals surface area contributed by atoms with Crippen molar-refractivity contribution in [1.82, 2.24) is 0 Å². The Kier molecular flexibility index (Phi) is 2.43. The second-order valence-corrected chi connectivity index (χ2v) is 2.61. The van der Waals surface area contributed by atoms with Gasteiger partial charge in [0.15, 0.2) is 0 Å². The van der Waals surface area contributed by atoms with Gasteiger partial charge < -0.3 is 0 Å². The van der Waals surface area contributed by atoms with Crippen LogP contribution in [0.3, 0.4) is 0 Å². The second-order valence-electron chi connectivity index (χ2n) is 2.61. The Balaban J connectivity index is 2.79. The van der Waals surface area contributed by atoms with Gasteiger partial charge in [-0.05, 0) is 32.8 Å². The minimum absolute atomic E-state index is 1.15. The van der Waals surface area contributed by atoms with Crippen molar-refractivity contribution < 1.29 is 0 Å². The molecule has 1 heterocycles. The summed E-state index contributed by atoms with van der Waals surface area (Å²) in [4.78, 5) is 4.23. The summed E-state index contributed by atoms with van der Waals surface area (Å²) in [7, 11) is 0. The highest BCUT2D eigenvalue weighted by Gasteiger charge is 1.94. The molecule has 54 valence electrons. The lowest BCUT2D eigenvalue weighted by Gasteiger charge is -2.02. The highest BCUT2D eigenvalue weighted by molar-refractivity contribution is 5.72. The highest BCUT2D eigenvalue weighted by atomic mass is 14.7. The minimum atomic E-state index is 1.15. The molecular formula is C9H13N. The van der Waals surface area contributed by atoms with E-state index >= 15 is 0 Å². The van der Waals surface area contributed by atoms with E-state index in [4.69, 9.17) is 0 Å². The van der Waals surface area contributed by atoms with Crippen molar-refractivity contribution in [2.75, 3.05) is 0 Å². The van der Waals surface area contributed by atoms with Gasteiger partial charge >= 0.3 is 0 Å². The Labute approximate surface area is 62.2 Å². The van der Waals surface area contributed by atoms with E-state index in [0.29, 0.717) is 0 Å². The van der Waals surface area contributed by atoms with E-state index in [1.54, 1.807) is 0 Å². The Bertz CT molecular complexity index is 197. The van der Waals surface area contributed by atoms with Gasteiger partial charge in [-0.25, -0.2) is 0 Å². The lowest BCUT2D eigenvalue weighted by molar-refractivity contribution is 0.945. The van der Waals surface area contributed by atoms with Gasteiger partial charge in [0.25, 0.3) is 0 Å². The van der Waals surface area contributed by atoms with Gasteiger partial charge in [-0.2, -0.15) is 0 Å². The third kappa shape index (κ3) is 1.83. The number of nitrogens with zero attached hydrogens (tertiary/aromatic N) is 1. The van der Waals surface area contributed by atoms with Gasteiger partial charge in [0.05, 0.1) is 0 Å². The van der Waals surface area contributed by atoms with Crippen LogP contribution in [0.15, 0.2) is 28.4 Å². The lowest BCUT2D eigenvalue weighted by atomic mass is 10.1. The number of hydrogen-bond acceptors (Lipinski definition) is 1. The number of rotatable bonds is 0. The standard InChI is InChI=1S/C9H13N/c1-8-6-4-3-5-7-10-9(8)2/h3,5,7H,4,6H2,1-2H3/b5-3-,9-8+,10-7-. The fourth-order valence-corrected chi connectivity index (χ4v) is 0.903. The van der Waals surface area contributed by atoms with Crippen LogP contribution < -0.4 is 0 Å². The van der Waals surface area contributed by atoms with E-state index < -0.39 is 0 Å². The third-order valence-electron chi connectivity index (χ3n) is 1.79. The van der Waals surface area contributed by atoms with Crippen molar-refractivity contribution in [3.63, 3.8) is 0 Å². The Morgan fingerprint density at radius 3 is 3.00 bits per heavy atom. The zero-order chi connectivity index (χ0) is 7.40. The van der Waals surface area contributed by atoms with E-state index in [0.717, 1.165) is 12.8 Å². The monoisotopic (exact) mass is 135 g/mol. The molecule has 10 heavy (non-hydrogen) atoms. The highest BCUT2D eigenvalue weighted by Crippen LogP contribution is 2.12. The first-order valence-electron chi connectivity index (χ1n) is 3.66. The molecule has 1 rings (SSSR count). The van der Waals surface area contributed by atoms with Crippen molar-refractivity contribution in [2.45, 2.75) is 26.7 Å². The maximum absolute atomic E-state index is 4.23. The third-order valence-corrected chi connectivity index (χ3v) is 1.79. The maximum Gasteiger partial charge on any atom is 0.0361 e. The molecule has 1 aliphatic rings.